The number of carboxylic acid groups (broad SMARTS) is 1. The van der Waals surface area contributed by atoms with Crippen molar-refractivity contribution in [1.29, 1.82) is 0 Å². The van der Waals surface area contributed by atoms with Crippen molar-refractivity contribution in [2.75, 3.05) is 12.0 Å². The highest BCUT2D eigenvalue weighted by molar-refractivity contribution is 7.98. The lowest BCUT2D eigenvalue weighted by molar-refractivity contribution is -0.136. The van der Waals surface area contributed by atoms with Crippen molar-refractivity contribution in [2.24, 2.45) is 0 Å². The zero-order chi connectivity index (χ0) is 14.5. The summed E-state index contributed by atoms with van der Waals surface area (Å²) in [4.78, 5) is 10.7. The SMILES string of the molecule is CSCC(C)NS(=O)(=O)c1ccc(CC(=O)O)cc1. The molecule has 0 aromatic heterocycles. The lowest BCUT2D eigenvalue weighted by atomic mass is 10.2. The van der Waals surface area contributed by atoms with Gasteiger partial charge in [0, 0.05) is 11.8 Å². The number of carbonyl (C=O) groups is 1. The molecule has 5 nitrogen and oxygen atoms in total. The van der Waals surface area contributed by atoms with Gasteiger partial charge >= 0.3 is 5.97 Å². The summed E-state index contributed by atoms with van der Waals surface area (Å²) in [6, 6.07) is 5.72. The minimum absolute atomic E-state index is 0.114. The molecular formula is C12H17NO4S2. The molecule has 1 atom stereocenters. The van der Waals surface area contributed by atoms with Gasteiger partial charge in [-0.05, 0) is 30.9 Å². The van der Waals surface area contributed by atoms with Crippen LogP contribution >= 0.6 is 11.8 Å². The number of rotatable bonds is 7. The average molecular weight is 303 g/mol. The average Bonchev–Trinajstić information content (AvgIpc) is 2.28. The van der Waals surface area contributed by atoms with Crippen LogP contribution in [-0.4, -0.2) is 37.5 Å². The summed E-state index contributed by atoms with van der Waals surface area (Å²) in [5, 5.41) is 8.64. The molecule has 0 aliphatic rings. The number of aliphatic carboxylic acids is 1. The Hall–Kier alpha value is -1.05. The van der Waals surface area contributed by atoms with Crippen LogP contribution in [0.3, 0.4) is 0 Å². The highest BCUT2D eigenvalue weighted by Gasteiger charge is 2.17. The number of sulfonamides is 1. The number of thioether (sulfide) groups is 1. The minimum atomic E-state index is -3.54. The predicted molar refractivity (Wildman–Crippen MR) is 75.9 cm³/mol. The lowest BCUT2D eigenvalue weighted by Crippen LogP contribution is -2.34. The summed E-state index contributed by atoms with van der Waals surface area (Å²) in [6.45, 7) is 1.80. The van der Waals surface area contributed by atoms with E-state index in [4.69, 9.17) is 5.11 Å². The summed E-state index contributed by atoms with van der Waals surface area (Å²) < 4.78 is 26.6. The Morgan fingerprint density at radius 1 is 1.37 bits per heavy atom. The Labute approximate surface area is 117 Å². The van der Waals surface area contributed by atoms with Gasteiger partial charge in [-0.25, -0.2) is 13.1 Å². The number of benzene rings is 1. The first kappa shape index (κ1) is 16.0. The molecule has 0 heterocycles. The zero-order valence-corrected chi connectivity index (χ0v) is 12.4. The fourth-order valence-electron chi connectivity index (χ4n) is 1.58. The zero-order valence-electron chi connectivity index (χ0n) is 10.8. The van der Waals surface area contributed by atoms with E-state index in [1.165, 1.54) is 24.3 Å². The Bertz CT molecular complexity index is 525. The standard InChI is InChI=1S/C12H17NO4S2/c1-9(8-18-2)13-19(16,17)11-5-3-10(4-6-11)7-12(14)15/h3-6,9,13H,7-8H2,1-2H3,(H,14,15). The Morgan fingerprint density at radius 2 is 1.95 bits per heavy atom. The van der Waals surface area contributed by atoms with Crippen LogP contribution in [0.4, 0.5) is 0 Å². The first-order chi connectivity index (χ1) is 8.85. The van der Waals surface area contributed by atoms with Crippen molar-refractivity contribution >= 4 is 27.8 Å². The van der Waals surface area contributed by atoms with E-state index in [0.29, 0.717) is 11.3 Å². The third kappa shape index (κ3) is 5.22. The highest BCUT2D eigenvalue weighted by atomic mass is 32.2. The van der Waals surface area contributed by atoms with Crippen LogP contribution in [0.25, 0.3) is 0 Å². The van der Waals surface area contributed by atoms with E-state index in [2.05, 4.69) is 4.72 Å². The van der Waals surface area contributed by atoms with E-state index in [1.807, 2.05) is 6.26 Å². The molecule has 0 aliphatic heterocycles. The normalized spacial score (nSPS) is 13.2. The molecule has 0 radical (unpaired) electrons. The molecule has 1 aromatic carbocycles. The number of nitrogens with one attached hydrogen (secondary N) is 1. The Kier molecular flexibility index (Phi) is 5.84. The fraction of sp³-hybridized carbons (Fsp3) is 0.417. The topological polar surface area (TPSA) is 83.5 Å². The van der Waals surface area contributed by atoms with Gasteiger partial charge in [-0.1, -0.05) is 12.1 Å². The molecule has 2 N–H and O–H groups in total. The van der Waals surface area contributed by atoms with E-state index in [1.54, 1.807) is 18.7 Å². The van der Waals surface area contributed by atoms with E-state index in [-0.39, 0.29) is 17.4 Å². The summed E-state index contributed by atoms with van der Waals surface area (Å²) >= 11 is 1.56. The van der Waals surface area contributed by atoms with Gasteiger partial charge in [0.1, 0.15) is 0 Å². The van der Waals surface area contributed by atoms with Crippen molar-refractivity contribution in [3.63, 3.8) is 0 Å². The van der Waals surface area contributed by atoms with Crippen molar-refractivity contribution in [3.8, 4) is 0 Å². The largest absolute Gasteiger partial charge is 0.481 e. The molecule has 7 heteroatoms. The molecule has 0 aliphatic carbocycles. The van der Waals surface area contributed by atoms with Crippen LogP contribution in [0.5, 0.6) is 0 Å². The van der Waals surface area contributed by atoms with Crippen LogP contribution in [0.1, 0.15) is 12.5 Å². The van der Waals surface area contributed by atoms with Crippen molar-refractivity contribution in [3.05, 3.63) is 29.8 Å². The van der Waals surface area contributed by atoms with E-state index in [0.717, 1.165) is 0 Å². The number of hydrogen-bond donors (Lipinski definition) is 2. The first-order valence-electron chi connectivity index (χ1n) is 5.67. The fourth-order valence-corrected chi connectivity index (χ4v) is 3.51. The van der Waals surface area contributed by atoms with Crippen molar-refractivity contribution < 1.29 is 18.3 Å². The molecule has 0 spiro atoms. The molecule has 0 amide bonds. The second-order valence-electron chi connectivity index (χ2n) is 4.19. The van der Waals surface area contributed by atoms with Gasteiger partial charge in [-0.15, -0.1) is 0 Å². The smallest absolute Gasteiger partial charge is 0.307 e. The van der Waals surface area contributed by atoms with Gasteiger partial charge < -0.3 is 5.11 Å². The molecule has 106 valence electrons. The predicted octanol–water partition coefficient (Wildman–Crippen LogP) is 1.34. The molecule has 1 aromatic rings. The van der Waals surface area contributed by atoms with Gasteiger partial charge in [0.05, 0.1) is 11.3 Å². The lowest BCUT2D eigenvalue weighted by Gasteiger charge is -2.13. The van der Waals surface area contributed by atoms with Crippen LogP contribution < -0.4 is 4.72 Å². The second-order valence-corrected chi connectivity index (χ2v) is 6.82. The third-order valence-electron chi connectivity index (χ3n) is 2.36. The van der Waals surface area contributed by atoms with Gasteiger partial charge in [0.2, 0.25) is 10.0 Å². The summed E-state index contributed by atoms with van der Waals surface area (Å²) in [7, 11) is -3.54. The molecule has 0 saturated heterocycles. The Morgan fingerprint density at radius 3 is 2.42 bits per heavy atom. The Balaban J connectivity index is 2.81. The molecule has 0 bridgehead atoms. The minimum Gasteiger partial charge on any atom is -0.481 e. The van der Waals surface area contributed by atoms with Gasteiger partial charge in [0.25, 0.3) is 0 Å². The van der Waals surface area contributed by atoms with E-state index in [9.17, 15) is 13.2 Å². The van der Waals surface area contributed by atoms with Crippen LogP contribution in [-0.2, 0) is 21.2 Å². The van der Waals surface area contributed by atoms with Gasteiger partial charge in [0.15, 0.2) is 0 Å². The maximum absolute atomic E-state index is 12.0. The van der Waals surface area contributed by atoms with E-state index >= 15 is 0 Å². The molecule has 19 heavy (non-hydrogen) atoms. The number of carboxylic acids is 1. The van der Waals surface area contributed by atoms with Crippen LogP contribution in [0, 0.1) is 0 Å². The molecule has 0 fully saturated rings. The monoisotopic (exact) mass is 303 g/mol. The molecule has 1 unspecified atom stereocenters. The number of hydrogen-bond acceptors (Lipinski definition) is 4. The van der Waals surface area contributed by atoms with Crippen molar-refractivity contribution in [1.82, 2.24) is 4.72 Å². The summed E-state index contributed by atoms with van der Waals surface area (Å²) in [5.74, 6) is -0.251. The van der Waals surface area contributed by atoms with Gasteiger partial charge in [-0.2, -0.15) is 11.8 Å². The molecule has 0 saturated carbocycles. The second kappa shape index (κ2) is 6.93. The van der Waals surface area contributed by atoms with Gasteiger partial charge in [-0.3, -0.25) is 4.79 Å². The highest BCUT2D eigenvalue weighted by Crippen LogP contribution is 2.12. The summed E-state index contributed by atoms with van der Waals surface area (Å²) in [6.07, 6.45) is 1.79. The maximum atomic E-state index is 12.0. The van der Waals surface area contributed by atoms with Crippen LogP contribution in [0.2, 0.25) is 0 Å². The van der Waals surface area contributed by atoms with E-state index < -0.39 is 16.0 Å². The summed E-state index contributed by atoms with van der Waals surface area (Å²) in [5.41, 5.74) is 0.573. The third-order valence-corrected chi connectivity index (χ3v) is 4.80. The molecular weight excluding hydrogens is 286 g/mol. The first-order valence-corrected chi connectivity index (χ1v) is 8.55. The quantitative estimate of drug-likeness (QED) is 0.794. The van der Waals surface area contributed by atoms with Crippen molar-refractivity contribution in [2.45, 2.75) is 24.3 Å². The molecule has 1 rings (SSSR count). The van der Waals surface area contributed by atoms with Crippen LogP contribution in [0.15, 0.2) is 29.2 Å². The maximum Gasteiger partial charge on any atom is 0.307 e.